The number of fused-ring (bicyclic) bond motifs is 1. The van der Waals surface area contributed by atoms with Crippen molar-refractivity contribution in [3.05, 3.63) is 29.7 Å². The molecule has 0 amide bonds. The van der Waals surface area contributed by atoms with Gasteiger partial charge >= 0.3 is 0 Å². The molecule has 0 aliphatic heterocycles. The average molecular weight is 261 g/mol. The first-order valence-corrected chi connectivity index (χ1v) is 6.63. The van der Waals surface area contributed by atoms with Gasteiger partial charge in [0.1, 0.15) is 5.52 Å². The molecule has 1 N–H and O–H groups in total. The number of rotatable bonds is 5. The molecule has 2 aromatic rings. The summed E-state index contributed by atoms with van der Waals surface area (Å²) in [5, 5.41) is 3.32. The number of hydrogen-bond acceptors (Lipinski definition) is 4. The van der Waals surface area contributed by atoms with Crippen LogP contribution in [0.4, 0.5) is 0 Å². The molecule has 4 nitrogen and oxygen atoms in total. The van der Waals surface area contributed by atoms with E-state index in [2.05, 4.69) is 48.2 Å². The third kappa shape index (κ3) is 3.55. The highest BCUT2D eigenvalue weighted by molar-refractivity contribution is 5.73. The molecule has 2 rings (SSSR count). The second-order valence-electron chi connectivity index (χ2n) is 5.84. The van der Waals surface area contributed by atoms with Crippen molar-refractivity contribution in [2.45, 2.75) is 32.9 Å². The average Bonchev–Trinajstić information content (AvgIpc) is 2.67. The molecule has 19 heavy (non-hydrogen) atoms. The van der Waals surface area contributed by atoms with Crippen molar-refractivity contribution in [2.24, 2.45) is 0 Å². The van der Waals surface area contributed by atoms with E-state index in [0.29, 0.717) is 0 Å². The van der Waals surface area contributed by atoms with Crippen LogP contribution in [0.2, 0.25) is 0 Å². The molecule has 0 spiro atoms. The van der Waals surface area contributed by atoms with Crippen molar-refractivity contribution in [2.75, 3.05) is 20.6 Å². The summed E-state index contributed by atoms with van der Waals surface area (Å²) in [5.74, 6) is 0.719. The molecule has 104 valence electrons. The molecule has 0 atom stereocenters. The highest BCUT2D eigenvalue weighted by Crippen LogP contribution is 2.18. The smallest absolute Gasteiger partial charge is 0.192 e. The molecule has 1 aromatic heterocycles. The summed E-state index contributed by atoms with van der Waals surface area (Å²) in [7, 11) is 4.13. The van der Waals surface area contributed by atoms with E-state index in [-0.39, 0.29) is 5.54 Å². The molecule has 4 heteroatoms. The first-order chi connectivity index (χ1) is 8.89. The summed E-state index contributed by atoms with van der Waals surface area (Å²) in [6.07, 6.45) is 0. The van der Waals surface area contributed by atoms with Crippen molar-refractivity contribution in [1.82, 2.24) is 15.2 Å². The van der Waals surface area contributed by atoms with Crippen molar-refractivity contribution in [1.29, 1.82) is 0 Å². The van der Waals surface area contributed by atoms with Gasteiger partial charge in [0.25, 0.3) is 0 Å². The summed E-state index contributed by atoms with van der Waals surface area (Å²) >= 11 is 0. The number of oxazole rings is 1. The van der Waals surface area contributed by atoms with E-state index in [4.69, 9.17) is 4.42 Å². The normalized spacial score (nSPS) is 12.5. The minimum atomic E-state index is 0.113. The first kappa shape index (κ1) is 14.0. The lowest BCUT2D eigenvalue weighted by atomic mass is 10.1. The van der Waals surface area contributed by atoms with Crippen molar-refractivity contribution in [3.63, 3.8) is 0 Å². The molecular formula is C15H23N3O. The molecule has 0 aliphatic carbocycles. The van der Waals surface area contributed by atoms with Crippen LogP contribution in [0.5, 0.6) is 0 Å². The van der Waals surface area contributed by atoms with Gasteiger partial charge in [0.2, 0.25) is 0 Å². The van der Waals surface area contributed by atoms with Gasteiger partial charge in [-0.15, -0.1) is 0 Å². The summed E-state index contributed by atoms with van der Waals surface area (Å²) in [6.45, 7) is 8.16. The molecule has 0 aliphatic rings. The molecule has 0 bridgehead atoms. The largest absolute Gasteiger partial charge is 0.441 e. The highest BCUT2D eigenvalue weighted by atomic mass is 16.3. The highest BCUT2D eigenvalue weighted by Gasteiger charge is 2.17. The van der Waals surface area contributed by atoms with Crippen LogP contribution >= 0.6 is 0 Å². The maximum Gasteiger partial charge on any atom is 0.192 e. The van der Waals surface area contributed by atoms with Crippen molar-refractivity contribution in [3.8, 4) is 0 Å². The van der Waals surface area contributed by atoms with Crippen LogP contribution in [0.25, 0.3) is 11.1 Å². The minimum absolute atomic E-state index is 0.113. The zero-order valence-electron chi connectivity index (χ0n) is 12.4. The lowest BCUT2D eigenvalue weighted by Crippen LogP contribution is -2.46. The Morgan fingerprint density at radius 3 is 2.79 bits per heavy atom. The Hall–Kier alpha value is -1.39. The molecule has 0 radical (unpaired) electrons. The van der Waals surface area contributed by atoms with Gasteiger partial charge < -0.3 is 14.6 Å². The third-order valence-electron chi connectivity index (χ3n) is 3.35. The minimum Gasteiger partial charge on any atom is -0.441 e. The van der Waals surface area contributed by atoms with Crippen LogP contribution in [-0.2, 0) is 6.54 Å². The van der Waals surface area contributed by atoms with Gasteiger partial charge in [-0.25, -0.2) is 4.98 Å². The Balaban J connectivity index is 2.08. The van der Waals surface area contributed by atoms with Gasteiger partial charge in [-0.1, -0.05) is 6.07 Å². The second kappa shape index (κ2) is 5.31. The Kier molecular flexibility index (Phi) is 3.92. The number of nitrogens with zero attached hydrogens (tertiary/aromatic N) is 2. The zero-order valence-corrected chi connectivity index (χ0v) is 12.4. The van der Waals surface area contributed by atoms with Crippen LogP contribution in [0.3, 0.4) is 0 Å². The van der Waals surface area contributed by atoms with E-state index >= 15 is 0 Å². The van der Waals surface area contributed by atoms with Gasteiger partial charge in [0, 0.05) is 25.6 Å². The van der Waals surface area contributed by atoms with Crippen molar-refractivity contribution >= 4 is 11.1 Å². The molecule has 1 heterocycles. The van der Waals surface area contributed by atoms with Crippen LogP contribution < -0.4 is 5.32 Å². The first-order valence-electron chi connectivity index (χ1n) is 6.63. The number of aromatic nitrogens is 1. The maximum atomic E-state index is 5.57. The number of likely N-dealkylation sites (N-methyl/N-ethyl adjacent to an activating group) is 2. The van der Waals surface area contributed by atoms with E-state index in [1.54, 1.807) is 0 Å². The fourth-order valence-electron chi connectivity index (χ4n) is 2.30. The third-order valence-corrected chi connectivity index (χ3v) is 3.35. The molecule has 0 saturated carbocycles. The molecule has 0 saturated heterocycles. The summed E-state index contributed by atoms with van der Waals surface area (Å²) in [6, 6.07) is 6.23. The van der Waals surface area contributed by atoms with E-state index in [0.717, 1.165) is 30.1 Å². The van der Waals surface area contributed by atoms with Crippen LogP contribution in [0.1, 0.15) is 25.3 Å². The maximum absolute atomic E-state index is 5.57. The topological polar surface area (TPSA) is 41.3 Å². The van der Waals surface area contributed by atoms with Crippen LogP contribution in [0.15, 0.2) is 22.6 Å². The predicted octanol–water partition coefficient (Wildman–Crippen LogP) is 2.57. The Morgan fingerprint density at radius 2 is 2.11 bits per heavy atom. The van der Waals surface area contributed by atoms with Gasteiger partial charge in [-0.05, 0) is 45.6 Å². The standard InChI is InChI=1S/C15H23N3O/c1-11-17-13-7-6-12(8-14(13)19-11)9-18(5)10-15(2,3)16-4/h6-8,16H,9-10H2,1-5H3. The second-order valence-corrected chi connectivity index (χ2v) is 5.84. The Bertz CT molecular complexity index is 560. The van der Waals surface area contributed by atoms with E-state index in [1.165, 1.54) is 5.56 Å². The van der Waals surface area contributed by atoms with Gasteiger partial charge in [0.05, 0.1) is 0 Å². The lowest BCUT2D eigenvalue weighted by molar-refractivity contribution is 0.238. The van der Waals surface area contributed by atoms with E-state index in [1.807, 2.05) is 20.0 Å². The van der Waals surface area contributed by atoms with Crippen LogP contribution in [0, 0.1) is 6.92 Å². The van der Waals surface area contributed by atoms with E-state index in [9.17, 15) is 0 Å². The summed E-state index contributed by atoms with van der Waals surface area (Å²) < 4.78 is 5.57. The van der Waals surface area contributed by atoms with E-state index < -0.39 is 0 Å². The summed E-state index contributed by atoms with van der Waals surface area (Å²) in [4.78, 5) is 6.62. The fourth-order valence-corrected chi connectivity index (χ4v) is 2.30. The Morgan fingerprint density at radius 1 is 1.37 bits per heavy atom. The molecular weight excluding hydrogens is 238 g/mol. The number of nitrogens with one attached hydrogen (secondary N) is 1. The van der Waals surface area contributed by atoms with Gasteiger partial charge in [0.15, 0.2) is 11.5 Å². The monoisotopic (exact) mass is 261 g/mol. The molecule has 0 unspecified atom stereocenters. The number of aryl methyl sites for hydroxylation is 1. The Labute approximate surface area is 114 Å². The number of benzene rings is 1. The fraction of sp³-hybridized carbons (Fsp3) is 0.533. The van der Waals surface area contributed by atoms with Gasteiger partial charge in [-0.2, -0.15) is 0 Å². The SMILES string of the molecule is CNC(C)(C)CN(C)Cc1ccc2nc(C)oc2c1. The summed E-state index contributed by atoms with van der Waals surface area (Å²) in [5.41, 5.74) is 3.16. The predicted molar refractivity (Wildman–Crippen MR) is 78.2 cm³/mol. The van der Waals surface area contributed by atoms with Crippen molar-refractivity contribution < 1.29 is 4.42 Å². The quantitative estimate of drug-likeness (QED) is 0.898. The zero-order chi connectivity index (χ0) is 14.0. The number of hydrogen-bond donors (Lipinski definition) is 1. The van der Waals surface area contributed by atoms with Gasteiger partial charge in [-0.3, -0.25) is 0 Å². The molecule has 0 fully saturated rings. The molecule has 1 aromatic carbocycles. The lowest BCUT2D eigenvalue weighted by Gasteiger charge is -2.30. The van der Waals surface area contributed by atoms with Crippen LogP contribution in [-0.4, -0.2) is 36.1 Å².